The summed E-state index contributed by atoms with van der Waals surface area (Å²) in [7, 11) is 0. The molecular formula is C22H26N4. The van der Waals surface area contributed by atoms with E-state index in [0.717, 1.165) is 5.56 Å². The van der Waals surface area contributed by atoms with Gasteiger partial charge in [0, 0.05) is 17.7 Å². The summed E-state index contributed by atoms with van der Waals surface area (Å²) in [5.41, 5.74) is 5.99. The van der Waals surface area contributed by atoms with E-state index in [1.807, 2.05) is 24.6 Å². The van der Waals surface area contributed by atoms with Crippen LogP contribution in [-0.2, 0) is 0 Å². The number of hydrogen-bond acceptors (Lipinski definition) is 3. The molecule has 3 aromatic rings. The van der Waals surface area contributed by atoms with Crippen LogP contribution in [0, 0.1) is 18.3 Å². The Morgan fingerprint density at radius 2 is 1.73 bits per heavy atom. The molecule has 1 fully saturated rings. The molecule has 0 saturated heterocycles. The highest BCUT2D eigenvalue weighted by molar-refractivity contribution is 5.69. The van der Waals surface area contributed by atoms with Crippen LogP contribution in [0.3, 0.4) is 0 Å². The molecule has 0 unspecified atom stereocenters. The zero-order chi connectivity index (χ0) is 18.5. The first kappa shape index (κ1) is 18.1. The fourth-order valence-corrected chi connectivity index (χ4v) is 3.75. The normalized spacial score (nSPS) is 14.5. The zero-order valence-corrected chi connectivity index (χ0v) is 15.9. The standard InChI is InChI=1S/C20H20N4.C2H6/c1-14-7-9-15(10-8-14)18-13-22-20-17(11-21)12-23-24(20)19(18)16-5-3-2-4-6-16;1-2/h7-10,12-13,16H,2-6H2,1H3;1-2H3. The van der Waals surface area contributed by atoms with E-state index in [1.165, 1.54) is 48.9 Å². The molecule has 0 N–H and O–H groups in total. The Morgan fingerprint density at radius 1 is 1.04 bits per heavy atom. The van der Waals surface area contributed by atoms with E-state index in [-0.39, 0.29) is 0 Å². The fourth-order valence-electron chi connectivity index (χ4n) is 3.75. The number of fused-ring (bicyclic) bond motifs is 1. The first-order chi connectivity index (χ1) is 12.8. The maximum Gasteiger partial charge on any atom is 0.173 e. The molecule has 0 bridgehead atoms. The summed E-state index contributed by atoms with van der Waals surface area (Å²) < 4.78 is 1.91. The summed E-state index contributed by atoms with van der Waals surface area (Å²) in [5.74, 6) is 0.479. The van der Waals surface area contributed by atoms with E-state index in [0.29, 0.717) is 17.1 Å². The fraction of sp³-hybridized carbons (Fsp3) is 0.409. The molecule has 4 nitrogen and oxygen atoms in total. The van der Waals surface area contributed by atoms with Crippen molar-refractivity contribution in [2.24, 2.45) is 0 Å². The lowest BCUT2D eigenvalue weighted by molar-refractivity contribution is 0.431. The lowest BCUT2D eigenvalue weighted by Crippen LogP contribution is -2.12. The molecule has 0 atom stereocenters. The van der Waals surface area contributed by atoms with Gasteiger partial charge in [0.15, 0.2) is 5.65 Å². The van der Waals surface area contributed by atoms with Gasteiger partial charge in [-0.15, -0.1) is 0 Å². The van der Waals surface area contributed by atoms with Crippen molar-refractivity contribution in [1.29, 1.82) is 5.26 Å². The second-order valence-corrected chi connectivity index (χ2v) is 6.66. The summed E-state index contributed by atoms with van der Waals surface area (Å²) in [4.78, 5) is 4.54. The molecule has 134 valence electrons. The summed E-state index contributed by atoms with van der Waals surface area (Å²) in [6, 6.07) is 10.8. The topological polar surface area (TPSA) is 54.0 Å². The van der Waals surface area contributed by atoms with Gasteiger partial charge in [0.05, 0.1) is 11.9 Å². The van der Waals surface area contributed by atoms with Gasteiger partial charge in [0.1, 0.15) is 11.6 Å². The number of benzene rings is 1. The van der Waals surface area contributed by atoms with Crippen molar-refractivity contribution >= 4 is 5.65 Å². The van der Waals surface area contributed by atoms with Crippen molar-refractivity contribution in [2.45, 2.75) is 58.8 Å². The minimum absolute atomic E-state index is 0.479. The predicted octanol–water partition coefficient (Wildman–Crippen LogP) is 5.65. The minimum atomic E-state index is 0.479. The van der Waals surface area contributed by atoms with Gasteiger partial charge < -0.3 is 0 Å². The maximum atomic E-state index is 9.30. The van der Waals surface area contributed by atoms with Crippen molar-refractivity contribution < 1.29 is 0 Å². The van der Waals surface area contributed by atoms with Crippen LogP contribution in [0.15, 0.2) is 36.7 Å². The van der Waals surface area contributed by atoms with E-state index in [9.17, 15) is 5.26 Å². The van der Waals surface area contributed by atoms with Crippen LogP contribution in [0.5, 0.6) is 0 Å². The number of rotatable bonds is 2. The monoisotopic (exact) mass is 346 g/mol. The third-order valence-electron chi connectivity index (χ3n) is 5.04. The smallest absolute Gasteiger partial charge is 0.173 e. The Labute approximate surface area is 155 Å². The van der Waals surface area contributed by atoms with Gasteiger partial charge in [-0.1, -0.05) is 62.9 Å². The Bertz CT molecular complexity index is 910. The number of nitrogens with zero attached hydrogens (tertiary/aromatic N) is 4. The van der Waals surface area contributed by atoms with E-state index >= 15 is 0 Å². The predicted molar refractivity (Wildman–Crippen MR) is 105 cm³/mol. The number of nitriles is 1. The van der Waals surface area contributed by atoms with Gasteiger partial charge in [0.25, 0.3) is 0 Å². The van der Waals surface area contributed by atoms with Gasteiger partial charge in [-0.2, -0.15) is 10.4 Å². The third-order valence-corrected chi connectivity index (χ3v) is 5.04. The Hall–Kier alpha value is -2.67. The van der Waals surface area contributed by atoms with Gasteiger partial charge >= 0.3 is 0 Å². The molecule has 2 aromatic heterocycles. The van der Waals surface area contributed by atoms with Crippen LogP contribution in [0.1, 0.15) is 68.7 Å². The largest absolute Gasteiger partial charge is 0.235 e. The van der Waals surface area contributed by atoms with E-state index in [4.69, 9.17) is 0 Å². The molecule has 0 amide bonds. The van der Waals surface area contributed by atoms with Gasteiger partial charge in [-0.25, -0.2) is 9.50 Å². The Morgan fingerprint density at radius 3 is 2.38 bits per heavy atom. The molecule has 2 heterocycles. The SMILES string of the molecule is CC.Cc1ccc(-c2cnc3c(C#N)cnn3c2C2CCCCC2)cc1. The van der Waals surface area contributed by atoms with Crippen molar-refractivity contribution in [2.75, 3.05) is 0 Å². The average Bonchev–Trinajstić information content (AvgIpc) is 3.13. The zero-order valence-electron chi connectivity index (χ0n) is 15.9. The summed E-state index contributed by atoms with van der Waals surface area (Å²) in [6.07, 6.45) is 9.75. The summed E-state index contributed by atoms with van der Waals surface area (Å²) in [5, 5.41) is 13.8. The third kappa shape index (κ3) is 3.35. The highest BCUT2D eigenvalue weighted by atomic mass is 15.3. The van der Waals surface area contributed by atoms with Crippen molar-refractivity contribution in [3.63, 3.8) is 0 Å². The lowest BCUT2D eigenvalue weighted by Gasteiger charge is -2.24. The second-order valence-electron chi connectivity index (χ2n) is 6.66. The van der Waals surface area contributed by atoms with Crippen molar-refractivity contribution in [3.05, 3.63) is 53.5 Å². The Balaban J connectivity index is 0.000000948. The van der Waals surface area contributed by atoms with Crippen LogP contribution < -0.4 is 0 Å². The molecule has 26 heavy (non-hydrogen) atoms. The molecular weight excluding hydrogens is 320 g/mol. The molecule has 1 aromatic carbocycles. The molecule has 4 heteroatoms. The summed E-state index contributed by atoms with van der Waals surface area (Å²) in [6.45, 7) is 6.10. The van der Waals surface area contributed by atoms with Gasteiger partial charge in [-0.05, 0) is 25.3 Å². The van der Waals surface area contributed by atoms with Crippen LogP contribution in [0.4, 0.5) is 0 Å². The molecule has 1 aliphatic carbocycles. The van der Waals surface area contributed by atoms with Crippen LogP contribution >= 0.6 is 0 Å². The molecule has 4 rings (SSSR count). The van der Waals surface area contributed by atoms with Crippen LogP contribution in [0.25, 0.3) is 16.8 Å². The van der Waals surface area contributed by atoms with Gasteiger partial charge in [0.2, 0.25) is 0 Å². The maximum absolute atomic E-state index is 9.30. The first-order valence-corrected chi connectivity index (χ1v) is 9.61. The lowest BCUT2D eigenvalue weighted by atomic mass is 9.84. The van der Waals surface area contributed by atoms with E-state index in [1.54, 1.807) is 6.20 Å². The first-order valence-electron chi connectivity index (χ1n) is 9.61. The van der Waals surface area contributed by atoms with Crippen molar-refractivity contribution in [1.82, 2.24) is 14.6 Å². The second kappa shape index (κ2) is 8.14. The molecule has 0 radical (unpaired) electrons. The quantitative estimate of drug-likeness (QED) is 0.602. The highest BCUT2D eigenvalue weighted by Crippen LogP contribution is 2.38. The molecule has 0 spiro atoms. The molecule has 1 aliphatic rings. The van der Waals surface area contributed by atoms with Gasteiger partial charge in [-0.3, -0.25) is 0 Å². The minimum Gasteiger partial charge on any atom is -0.235 e. The highest BCUT2D eigenvalue weighted by Gasteiger charge is 2.24. The average molecular weight is 346 g/mol. The van der Waals surface area contributed by atoms with Crippen LogP contribution in [0.2, 0.25) is 0 Å². The van der Waals surface area contributed by atoms with Crippen LogP contribution in [-0.4, -0.2) is 14.6 Å². The Kier molecular flexibility index (Phi) is 5.68. The number of hydrogen-bond donors (Lipinski definition) is 0. The number of aromatic nitrogens is 3. The summed E-state index contributed by atoms with van der Waals surface area (Å²) >= 11 is 0. The van der Waals surface area contributed by atoms with E-state index in [2.05, 4.69) is 47.3 Å². The molecule has 0 aliphatic heterocycles. The number of aryl methyl sites for hydroxylation is 1. The van der Waals surface area contributed by atoms with E-state index < -0.39 is 0 Å². The van der Waals surface area contributed by atoms with Crippen molar-refractivity contribution in [3.8, 4) is 17.2 Å². The molecule has 1 saturated carbocycles.